The number of aliphatic imine (C=N–C) groups is 1. The number of benzene rings is 1. The van der Waals surface area contributed by atoms with Crippen LogP contribution in [0.5, 0.6) is 11.5 Å². The molecule has 0 saturated carbocycles. The van der Waals surface area contributed by atoms with Crippen molar-refractivity contribution in [1.29, 1.82) is 0 Å². The molecule has 0 unspecified atom stereocenters. The van der Waals surface area contributed by atoms with Gasteiger partial charge in [-0.15, -0.1) is 11.3 Å². The molecule has 0 fully saturated rings. The van der Waals surface area contributed by atoms with E-state index in [9.17, 15) is 4.79 Å². The topological polar surface area (TPSA) is 66.4 Å². The van der Waals surface area contributed by atoms with Crippen LogP contribution in [0, 0.1) is 0 Å². The van der Waals surface area contributed by atoms with Gasteiger partial charge in [0.15, 0.2) is 5.96 Å². The van der Waals surface area contributed by atoms with Crippen molar-refractivity contribution in [2.24, 2.45) is 4.99 Å². The monoisotopic (exact) mass is 418 g/mol. The number of thiophene rings is 1. The molecule has 0 spiro atoms. The fourth-order valence-corrected chi connectivity index (χ4v) is 3.14. The Bertz CT molecular complexity index is 761. The van der Waals surface area contributed by atoms with Gasteiger partial charge in [-0.1, -0.05) is 6.07 Å². The Hall–Kier alpha value is -2.74. The van der Waals surface area contributed by atoms with Crippen molar-refractivity contribution in [3.8, 4) is 11.5 Å². The normalized spacial score (nSPS) is 11.1. The number of hydrogen-bond acceptors (Lipinski definition) is 5. The Labute approximate surface area is 176 Å². The standard InChI is InChI=1S/C21H30N4O3S/c1-24(2)20(26)16-23-21(22-12-11-19-6-5-15-29-19)25(3)13-14-28-18-9-7-17(27-4)8-10-18/h5-10,15H,11-14,16H2,1-4H3,(H,22,23). The van der Waals surface area contributed by atoms with E-state index in [0.29, 0.717) is 19.1 Å². The zero-order chi connectivity index (χ0) is 21.1. The number of amides is 1. The molecule has 7 nitrogen and oxygen atoms in total. The summed E-state index contributed by atoms with van der Waals surface area (Å²) in [6.45, 7) is 1.99. The van der Waals surface area contributed by atoms with E-state index in [2.05, 4.69) is 21.8 Å². The van der Waals surface area contributed by atoms with E-state index in [1.165, 1.54) is 4.88 Å². The predicted molar refractivity (Wildman–Crippen MR) is 118 cm³/mol. The van der Waals surface area contributed by atoms with Gasteiger partial charge in [0.05, 0.1) is 13.7 Å². The maximum atomic E-state index is 11.9. The van der Waals surface area contributed by atoms with Gasteiger partial charge < -0.3 is 24.6 Å². The minimum absolute atomic E-state index is 0.0366. The summed E-state index contributed by atoms with van der Waals surface area (Å²) in [4.78, 5) is 21.2. The van der Waals surface area contributed by atoms with Crippen molar-refractivity contribution in [2.45, 2.75) is 6.42 Å². The lowest BCUT2D eigenvalue weighted by Gasteiger charge is -2.23. The molecule has 158 valence electrons. The van der Waals surface area contributed by atoms with Crippen LogP contribution in [0.15, 0.2) is 46.8 Å². The number of methoxy groups -OCH3 is 1. The van der Waals surface area contributed by atoms with Crippen molar-refractivity contribution in [3.05, 3.63) is 46.7 Å². The maximum Gasteiger partial charge on any atom is 0.243 e. The van der Waals surface area contributed by atoms with Crippen LogP contribution < -0.4 is 14.8 Å². The number of nitrogens with zero attached hydrogens (tertiary/aromatic N) is 3. The van der Waals surface area contributed by atoms with Crippen LogP contribution in [0.2, 0.25) is 0 Å². The number of rotatable bonds is 10. The minimum Gasteiger partial charge on any atom is -0.497 e. The number of ether oxygens (including phenoxy) is 2. The molecule has 2 rings (SSSR count). The molecular formula is C21H30N4O3S. The zero-order valence-electron chi connectivity index (χ0n) is 17.6. The molecule has 29 heavy (non-hydrogen) atoms. The van der Waals surface area contributed by atoms with Gasteiger partial charge >= 0.3 is 0 Å². The Kier molecular flexibility index (Phi) is 9.30. The van der Waals surface area contributed by atoms with Gasteiger partial charge in [0.2, 0.25) is 5.91 Å². The van der Waals surface area contributed by atoms with Crippen LogP contribution >= 0.6 is 11.3 Å². The molecule has 0 aliphatic rings. The number of carbonyl (C=O) groups is 1. The van der Waals surface area contributed by atoms with Gasteiger partial charge in [-0.3, -0.25) is 4.79 Å². The fraction of sp³-hybridized carbons (Fsp3) is 0.429. The van der Waals surface area contributed by atoms with Crippen molar-refractivity contribution >= 4 is 23.2 Å². The van der Waals surface area contributed by atoms with E-state index < -0.39 is 0 Å². The second kappa shape index (κ2) is 12.0. The lowest BCUT2D eigenvalue weighted by atomic mass is 10.3. The third-order valence-electron chi connectivity index (χ3n) is 4.21. The van der Waals surface area contributed by atoms with Gasteiger partial charge in [-0.25, -0.2) is 4.99 Å². The maximum absolute atomic E-state index is 11.9. The molecule has 0 aliphatic heterocycles. The molecule has 2 aromatic rings. The number of hydrogen-bond donors (Lipinski definition) is 1. The largest absolute Gasteiger partial charge is 0.497 e. The third kappa shape index (κ3) is 8.03. The fourth-order valence-electron chi connectivity index (χ4n) is 2.43. The molecule has 0 aliphatic carbocycles. The lowest BCUT2D eigenvalue weighted by Crippen LogP contribution is -2.42. The van der Waals surface area contributed by atoms with Gasteiger partial charge in [0.1, 0.15) is 24.7 Å². The van der Waals surface area contributed by atoms with E-state index in [1.54, 1.807) is 37.4 Å². The highest BCUT2D eigenvalue weighted by Crippen LogP contribution is 2.16. The molecule has 1 heterocycles. The molecule has 0 radical (unpaired) electrons. The molecule has 0 bridgehead atoms. The first-order chi connectivity index (χ1) is 14.0. The Balaban J connectivity index is 1.88. The number of nitrogens with one attached hydrogen (secondary N) is 1. The Morgan fingerprint density at radius 1 is 1.14 bits per heavy atom. The van der Waals surface area contributed by atoms with Crippen molar-refractivity contribution in [2.75, 3.05) is 54.5 Å². The molecule has 1 amide bonds. The van der Waals surface area contributed by atoms with E-state index in [1.807, 2.05) is 42.3 Å². The Morgan fingerprint density at radius 2 is 1.86 bits per heavy atom. The highest BCUT2D eigenvalue weighted by molar-refractivity contribution is 7.09. The highest BCUT2D eigenvalue weighted by atomic mass is 32.1. The van der Waals surface area contributed by atoms with Gasteiger partial charge in [0.25, 0.3) is 0 Å². The first-order valence-corrected chi connectivity index (χ1v) is 10.4. The molecule has 1 aromatic carbocycles. The summed E-state index contributed by atoms with van der Waals surface area (Å²) < 4.78 is 11.0. The minimum atomic E-state index is -0.0366. The van der Waals surface area contributed by atoms with Gasteiger partial charge in [-0.2, -0.15) is 0 Å². The lowest BCUT2D eigenvalue weighted by molar-refractivity contribution is -0.127. The number of guanidine groups is 1. The first-order valence-electron chi connectivity index (χ1n) is 9.48. The second-order valence-corrected chi connectivity index (χ2v) is 7.66. The van der Waals surface area contributed by atoms with Crippen molar-refractivity contribution < 1.29 is 14.3 Å². The zero-order valence-corrected chi connectivity index (χ0v) is 18.4. The summed E-state index contributed by atoms with van der Waals surface area (Å²) in [5.41, 5.74) is 0. The molecular weight excluding hydrogens is 388 g/mol. The van der Waals surface area contributed by atoms with Crippen LogP contribution in [0.4, 0.5) is 0 Å². The number of carbonyl (C=O) groups excluding carboxylic acids is 1. The van der Waals surface area contributed by atoms with Crippen LogP contribution in [-0.4, -0.2) is 76.2 Å². The van der Waals surface area contributed by atoms with Crippen LogP contribution in [0.3, 0.4) is 0 Å². The molecule has 8 heteroatoms. The highest BCUT2D eigenvalue weighted by Gasteiger charge is 2.09. The number of likely N-dealkylation sites (N-methyl/N-ethyl adjacent to an activating group) is 2. The van der Waals surface area contributed by atoms with Crippen molar-refractivity contribution in [1.82, 2.24) is 15.1 Å². The molecule has 0 saturated heterocycles. The van der Waals surface area contributed by atoms with Crippen LogP contribution in [0.25, 0.3) is 0 Å². The summed E-state index contributed by atoms with van der Waals surface area (Å²) in [7, 11) is 7.04. The van der Waals surface area contributed by atoms with E-state index in [0.717, 1.165) is 24.5 Å². The summed E-state index contributed by atoms with van der Waals surface area (Å²) >= 11 is 1.74. The Morgan fingerprint density at radius 3 is 2.48 bits per heavy atom. The smallest absolute Gasteiger partial charge is 0.243 e. The van der Waals surface area contributed by atoms with E-state index in [-0.39, 0.29) is 12.5 Å². The first kappa shape index (κ1) is 22.5. The SMILES string of the molecule is COc1ccc(OCCN(C)C(=NCC(=O)N(C)C)NCCc2cccs2)cc1. The summed E-state index contributed by atoms with van der Waals surface area (Å²) in [5.74, 6) is 2.23. The molecule has 1 aromatic heterocycles. The van der Waals surface area contributed by atoms with E-state index in [4.69, 9.17) is 9.47 Å². The molecule has 1 N–H and O–H groups in total. The third-order valence-corrected chi connectivity index (χ3v) is 5.15. The average molecular weight is 419 g/mol. The van der Waals surface area contributed by atoms with Gasteiger partial charge in [-0.05, 0) is 42.1 Å². The van der Waals surface area contributed by atoms with Crippen LogP contribution in [-0.2, 0) is 11.2 Å². The summed E-state index contributed by atoms with van der Waals surface area (Å²) in [6, 6.07) is 11.7. The molecule has 0 atom stereocenters. The average Bonchev–Trinajstić information content (AvgIpc) is 3.24. The van der Waals surface area contributed by atoms with Gasteiger partial charge in [0, 0.05) is 32.6 Å². The predicted octanol–water partition coefficient (Wildman–Crippen LogP) is 2.34. The van der Waals surface area contributed by atoms with E-state index >= 15 is 0 Å². The summed E-state index contributed by atoms with van der Waals surface area (Å²) in [6.07, 6.45) is 0.911. The second-order valence-electron chi connectivity index (χ2n) is 6.63. The summed E-state index contributed by atoms with van der Waals surface area (Å²) in [5, 5.41) is 5.43. The van der Waals surface area contributed by atoms with Crippen molar-refractivity contribution in [3.63, 3.8) is 0 Å². The van der Waals surface area contributed by atoms with Crippen LogP contribution in [0.1, 0.15) is 4.88 Å². The quantitative estimate of drug-likeness (QED) is 0.474.